The summed E-state index contributed by atoms with van der Waals surface area (Å²) in [5.41, 5.74) is 6.63. The molecule has 0 aromatic heterocycles. The van der Waals surface area contributed by atoms with E-state index in [9.17, 15) is 4.79 Å². The number of hydrogen-bond acceptors (Lipinski definition) is 4. The number of nitrogens with two attached hydrogens (primary N) is 1. The van der Waals surface area contributed by atoms with Crippen molar-refractivity contribution in [1.29, 1.82) is 0 Å². The Morgan fingerprint density at radius 1 is 1.53 bits per heavy atom. The molecule has 3 nitrogen and oxygen atoms in total. The second-order valence-corrected chi connectivity index (χ2v) is 4.80. The van der Waals surface area contributed by atoms with Crippen LogP contribution in [0, 0.1) is 0 Å². The van der Waals surface area contributed by atoms with Crippen LogP contribution in [-0.4, -0.2) is 24.6 Å². The molecule has 0 atom stereocenters. The summed E-state index contributed by atoms with van der Waals surface area (Å²) in [5.74, 6) is 0.465. The lowest BCUT2D eigenvalue weighted by Crippen LogP contribution is -2.08. The molecule has 0 heterocycles. The lowest BCUT2D eigenvalue weighted by molar-refractivity contribution is 0.0530. The van der Waals surface area contributed by atoms with Gasteiger partial charge in [-0.05, 0) is 24.5 Å². The second kappa shape index (κ2) is 6.02. The molecule has 82 valence electrons. The zero-order valence-corrected chi connectivity index (χ0v) is 10.7. The molecule has 0 unspecified atom stereocenters. The molecule has 1 aromatic rings. The minimum atomic E-state index is -0.336. The summed E-state index contributed by atoms with van der Waals surface area (Å²) >= 11 is 4.91. The first kappa shape index (κ1) is 12.4. The predicted molar refractivity (Wildman–Crippen MR) is 67.2 cm³/mol. The van der Waals surface area contributed by atoms with Gasteiger partial charge in [0.25, 0.3) is 0 Å². The Hall–Kier alpha value is -0.680. The lowest BCUT2D eigenvalue weighted by atomic mass is 10.2. The average Bonchev–Trinajstić information content (AvgIpc) is 2.16. The largest absolute Gasteiger partial charge is 0.461 e. The zero-order chi connectivity index (χ0) is 11.3. The molecule has 0 radical (unpaired) electrons. The Morgan fingerprint density at radius 3 is 2.87 bits per heavy atom. The van der Waals surface area contributed by atoms with E-state index >= 15 is 0 Å². The van der Waals surface area contributed by atoms with Crippen LogP contribution in [-0.2, 0) is 4.74 Å². The van der Waals surface area contributed by atoms with E-state index < -0.39 is 0 Å². The molecule has 15 heavy (non-hydrogen) atoms. The van der Waals surface area contributed by atoms with Crippen LogP contribution in [0.2, 0.25) is 0 Å². The van der Waals surface area contributed by atoms with Crippen molar-refractivity contribution in [2.24, 2.45) is 0 Å². The summed E-state index contributed by atoms with van der Waals surface area (Å²) in [6, 6.07) is 5.03. The highest BCUT2D eigenvalue weighted by molar-refractivity contribution is 9.10. The van der Waals surface area contributed by atoms with E-state index in [1.54, 1.807) is 30.0 Å². The summed E-state index contributed by atoms with van der Waals surface area (Å²) in [6.07, 6.45) is 1.96. The van der Waals surface area contributed by atoms with Gasteiger partial charge in [0.05, 0.1) is 5.56 Å². The van der Waals surface area contributed by atoms with Crippen molar-refractivity contribution in [3.05, 3.63) is 28.2 Å². The van der Waals surface area contributed by atoms with E-state index in [2.05, 4.69) is 15.9 Å². The highest BCUT2D eigenvalue weighted by atomic mass is 79.9. The fourth-order valence-corrected chi connectivity index (χ4v) is 1.79. The van der Waals surface area contributed by atoms with E-state index in [4.69, 9.17) is 10.5 Å². The zero-order valence-electron chi connectivity index (χ0n) is 8.33. The molecule has 1 aromatic carbocycles. The van der Waals surface area contributed by atoms with Crippen molar-refractivity contribution in [3.8, 4) is 0 Å². The Morgan fingerprint density at radius 2 is 2.27 bits per heavy atom. The van der Waals surface area contributed by atoms with Crippen molar-refractivity contribution < 1.29 is 9.53 Å². The molecule has 0 saturated heterocycles. The molecule has 0 bridgehead atoms. The fourth-order valence-electron chi connectivity index (χ4n) is 1.03. The van der Waals surface area contributed by atoms with Gasteiger partial charge in [0.2, 0.25) is 0 Å². The Kier molecular flexibility index (Phi) is 4.98. The number of rotatable bonds is 4. The van der Waals surface area contributed by atoms with Crippen molar-refractivity contribution in [1.82, 2.24) is 0 Å². The van der Waals surface area contributed by atoms with Crippen LogP contribution in [0.3, 0.4) is 0 Å². The SMILES string of the molecule is CSCCOC(=O)c1cc(N)cc(Br)c1. The van der Waals surface area contributed by atoms with Crippen LogP contribution in [0.5, 0.6) is 0 Å². The maximum atomic E-state index is 11.5. The van der Waals surface area contributed by atoms with Gasteiger partial charge in [-0.15, -0.1) is 0 Å². The van der Waals surface area contributed by atoms with E-state index in [0.29, 0.717) is 17.9 Å². The topological polar surface area (TPSA) is 52.3 Å². The Labute approximate surface area is 101 Å². The summed E-state index contributed by atoms with van der Waals surface area (Å²) in [7, 11) is 0. The molecule has 0 aliphatic carbocycles. The lowest BCUT2D eigenvalue weighted by Gasteiger charge is -2.05. The highest BCUT2D eigenvalue weighted by Gasteiger charge is 2.08. The first-order chi connectivity index (χ1) is 7.13. The molecule has 0 spiro atoms. The van der Waals surface area contributed by atoms with Crippen molar-refractivity contribution >= 4 is 39.3 Å². The van der Waals surface area contributed by atoms with E-state index in [1.165, 1.54) is 0 Å². The number of ether oxygens (including phenoxy) is 1. The quantitative estimate of drug-likeness (QED) is 0.526. The minimum absolute atomic E-state index is 0.336. The van der Waals surface area contributed by atoms with Gasteiger partial charge in [-0.3, -0.25) is 0 Å². The van der Waals surface area contributed by atoms with Crippen molar-refractivity contribution in [3.63, 3.8) is 0 Å². The van der Waals surface area contributed by atoms with Crippen LogP contribution in [0.1, 0.15) is 10.4 Å². The van der Waals surface area contributed by atoms with E-state index in [0.717, 1.165) is 10.2 Å². The Balaban J connectivity index is 2.65. The van der Waals surface area contributed by atoms with Gasteiger partial charge in [-0.1, -0.05) is 15.9 Å². The van der Waals surface area contributed by atoms with Crippen molar-refractivity contribution in [2.75, 3.05) is 24.3 Å². The first-order valence-electron chi connectivity index (χ1n) is 4.35. The number of nitrogen functional groups attached to an aromatic ring is 1. The van der Waals surface area contributed by atoms with Crippen LogP contribution in [0.15, 0.2) is 22.7 Å². The van der Waals surface area contributed by atoms with Gasteiger partial charge in [0.15, 0.2) is 0 Å². The number of halogens is 1. The third-order valence-electron chi connectivity index (χ3n) is 1.68. The molecule has 0 saturated carbocycles. The van der Waals surface area contributed by atoms with Gasteiger partial charge in [-0.25, -0.2) is 4.79 Å². The fraction of sp³-hybridized carbons (Fsp3) is 0.300. The summed E-state index contributed by atoms with van der Waals surface area (Å²) in [6.45, 7) is 0.423. The van der Waals surface area contributed by atoms with Gasteiger partial charge >= 0.3 is 5.97 Å². The standard InChI is InChI=1S/C10H12BrNO2S/c1-15-3-2-14-10(13)7-4-8(11)6-9(12)5-7/h4-6H,2-3,12H2,1H3. The molecule has 0 aliphatic rings. The molecule has 5 heteroatoms. The molecule has 2 N–H and O–H groups in total. The molecule has 0 amide bonds. The molecular weight excluding hydrogens is 278 g/mol. The highest BCUT2D eigenvalue weighted by Crippen LogP contribution is 2.17. The third-order valence-corrected chi connectivity index (χ3v) is 2.71. The number of carbonyl (C=O) groups excluding carboxylic acids is 1. The predicted octanol–water partition coefficient (Wildman–Crippen LogP) is 2.55. The number of hydrogen-bond donors (Lipinski definition) is 1. The number of carbonyl (C=O) groups is 1. The minimum Gasteiger partial charge on any atom is -0.461 e. The molecule has 1 rings (SSSR count). The van der Waals surface area contributed by atoms with Gasteiger partial charge in [0, 0.05) is 15.9 Å². The van der Waals surface area contributed by atoms with E-state index in [1.807, 2.05) is 6.26 Å². The van der Waals surface area contributed by atoms with Gasteiger partial charge < -0.3 is 10.5 Å². The van der Waals surface area contributed by atoms with Crippen molar-refractivity contribution in [2.45, 2.75) is 0 Å². The second-order valence-electron chi connectivity index (χ2n) is 2.90. The summed E-state index contributed by atoms with van der Waals surface area (Å²) in [5, 5.41) is 0. The number of thioether (sulfide) groups is 1. The number of anilines is 1. The average molecular weight is 290 g/mol. The summed E-state index contributed by atoms with van der Waals surface area (Å²) in [4.78, 5) is 11.5. The third kappa shape index (κ3) is 4.13. The van der Waals surface area contributed by atoms with Crippen LogP contribution < -0.4 is 5.73 Å². The smallest absolute Gasteiger partial charge is 0.338 e. The maximum Gasteiger partial charge on any atom is 0.338 e. The monoisotopic (exact) mass is 289 g/mol. The van der Waals surface area contributed by atoms with Crippen LogP contribution >= 0.6 is 27.7 Å². The number of esters is 1. The summed E-state index contributed by atoms with van der Waals surface area (Å²) < 4.78 is 5.82. The van der Waals surface area contributed by atoms with Gasteiger partial charge in [0.1, 0.15) is 6.61 Å². The number of benzene rings is 1. The molecular formula is C10H12BrNO2S. The van der Waals surface area contributed by atoms with Crippen LogP contribution in [0.4, 0.5) is 5.69 Å². The normalized spacial score (nSPS) is 10.0. The first-order valence-corrected chi connectivity index (χ1v) is 6.54. The van der Waals surface area contributed by atoms with Crippen LogP contribution in [0.25, 0.3) is 0 Å². The maximum absolute atomic E-state index is 11.5. The molecule has 0 fully saturated rings. The van der Waals surface area contributed by atoms with Gasteiger partial charge in [-0.2, -0.15) is 11.8 Å². The molecule has 0 aliphatic heterocycles. The van der Waals surface area contributed by atoms with E-state index in [-0.39, 0.29) is 5.97 Å². The Bertz CT molecular complexity index is 337.